The number of esters is 1. The van der Waals surface area contributed by atoms with Gasteiger partial charge in [-0.25, -0.2) is 9.18 Å². The average molecular weight is 348 g/mol. The van der Waals surface area contributed by atoms with E-state index < -0.39 is 12.6 Å². The number of halogens is 2. The minimum absolute atomic E-state index is 0.0151. The zero-order valence-electron chi connectivity index (χ0n) is 13.7. The van der Waals surface area contributed by atoms with Crippen molar-refractivity contribution in [1.29, 1.82) is 0 Å². The van der Waals surface area contributed by atoms with Crippen LogP contribution in [0.3, 0.4) is 0 Å². The van der Waals surface area contributed by atoms with Crippen molar-refractivity contribution in [3.63, 3.8) is 0 Å². The van der Waals surface area contributed by atoms with Gasteiger partial charge in [-0.1, -0.05) is 24.3 Å². The van der Waals surface area contributed by atoms with Gasteiger partial charge in [-0.3, -0.25) is 4.39 Å². The van der Waals surface area contributed by atoms with E-state index in [1.54, 1.807) is 30.4 Å². The molecule has 0 atom stereocenters. The molecule has 2 aromatic carbocycles. The number of benzene rings is 2. The highest BCUT2D eigenvalue weighted by molar-refractivity contribution is 5.98. The summed E-state index contributed by atoms with van der Waals surface area (Å²) in [4.78, 5) is 11.9. The molecule has 2 aromatic rings. The Labute approximate surface area is 144 Å². The smallest absolute Gasteiger partial charge is 0.342 e. The molecule has 6 heteroatoms. The maximum absolute atomic E-state index is 13.0. The maximum Gasteiger partial charge on any atom is 0.342 e. The average Bonchev–Trinajstić information content (AvgIpc) is 2.60. The van der Waals surface area contributed by atoms with Crippen LogP contribution in [0.5, 0.6) is 11.5 Å². The van der Waals surface area contributed by atoms with Gasteiger partial charge in [-0.2, -0.15) is 0 Å². The van der Waals surface area contributed by atoms with E-state index in [1.165, 1.54) is 25.3 Å². The van der Waals surface area contributed by atoms with Crippen molar-refractivity contribution in [2.24, 2.45) is 0 Å². The molecule has 0 radical (unpaired) electrons. The second-order valence-electron chi connectivity index (χ2n) is 5.17. The van der Waals surface area contributed by atoms with E-state index in [4.69, 9.17) is 9.47 Å². The summed E-state index contributed by atoms with van der Waals surface area (Å²) in [6.07, 6.45) is 3.47. The number of carbonyl (C=O) groups is 1. The lowest BCUT2D eigenvalue weighted by molar-refractivity contribution is 0.0597. The van der Waals surface area contributed by atoms with Crippen LogP contribution < -0.4 is 4.74 Å². The Balaban J connectivity index is 2.36. The summed E-state index contributed by atoms with van der Waals surface area (Å²) in [6, 6.07) is 8.60. The van der Waals surface area contributed by atoms with Crippen molar-refractivity contribution in [2.75, 3.05) is 20.4 Å². The van der Waals surface area contributed by atoms with Crippen LogP contribution in [-0.2, 0) is 4.74 Å². The minimum atomic E-state index is -0.702. The Morgan fingerprint density at radius 3 is 2.56 bits per heavy atom. The Kier molecular flexibility index (Phi) is 6.51. The third-order valence-electron chi connectivity index (χ3n) is 3.38. The normalized spacial score (nSPS) is 10.8. The van der Waals surface area contributed by atoms with Crippen LogP contribution in [0.15, 0.2) is 36.4 Å². The van der Waals surface area contributed by atoms with Gasteiger partial charge in [0.15, 0.2) is 0 Å². The number of hydrogen-bond donors (Lipinski definition) is 1. The van der Waals surface area contributed by atoms with Gasteiger partial charge >= 0.3 is 5.97 Å². The van der Waals surface area contributed by atoms with E-state index in [0.717, 1.165) is 0 Å². The molecule has 0 unspecified atom stereocenters. The molecular formula is C19H18F2O4. The van der Waals surface area contributed by atoms with Gasteiger partial charge < -0.3 is 14.6 Å². The third-order valence-corrected chi connectivity index (χ3v) is 3.38. The lowest BCUT2D eigenvalue weighted by Gasteiger charge is -2.11. The summed E-state index contributed by atoms with van der Waals surface area (Å²) in [5, 5.41) is 10.1. The van der Waals surface area contributed by atoms with E-state index >= 15 is 0 Å². The SMILES string of the molecule is COC(=O)c1c(O)cc(OCCCF)cc1C=Cc1ccc(F)cc1. The number of ether oxygens (including phenoxy) is 2. The Bertz CT molecular complexity index is 755. The monoisotopic (exact) mass is 348 g/mol. The van der Waals surface area contributed by atoms with Crippen molar-refractivity contribution in [3.05, 3.63) is 58.9 Å². The highest BCUT2D eigenvalue weighted by atomic mass is 19.1. The molecule has 0 aliphatic rings. The number of rotatable bonds is 7. The van der Waals surface area contributed by atoms with Crippen LogP contribution in [0.25, 0.3) is 12.2 Å². The third kappa shape index (κ3) is 5.04. The van der Waals surface area contributed by atoms with Gasteiger partial charge in [0.2, 0.25) is 0 Å². The number of methoxy groups -OCH3 is 1. The predicted molar refractivity (Wildman–Crippen MR) is 90.9 cm³/mol. The first-order valence-electron chi connectivity index (χ1n) is 7.63. The number of phenols is 1. The molecule has 132 valence electrons. The number of hydrogen-bond acceptors (Lipinski definition) is 4. The van der Waals surface area contributed by atoms with Gasteiger partial charge in [0, 0.05) is 12.5 Å². The van der Waals surface area contributed by atoms with E-state index in [0.29, 0.717) is 16.9 Å². The zero-order valence-corrected chi connectivity index (χ0v) is 13.7. The predicted octanol–water partition coefficient (Wildman–Crippen LogP) is 4.23. The van der Waals surface area contributed by atoms with Crippen molar-refractivity contribution < 1.29 is 28.2 Å². The van der Waals surface area contributed by atoms with Crippen LogP contribution >= 0.6 is 0 Å². The molecule has 1 N–H and O–H groups in total. The van der Waals surface area contributed by atoms with Crippen molar-refractivity contribution in [2.45, 2.75) is 6.42 Å². The van der Waals surface area contributed by atoms with E-state index in [9.17, 15) is 18.7 Å². The maximum atomic E-state index is 13.0. The van der Waals surface area contributed by atoms with Gasteiger partial charge in [0.25, 0.3) is 0 Å². The summed E-state index contributed by atoms with van der Waals surface area (Å²) in [6.45, 7) is -0.363. The van der Waals surface area contributed by atoms with Gasteiger partial charge in [-0.15, -0.1) is 0 Å². The van der Waals surface area contributed by atoms with Crippen LogP contribution in [0.2, 0.25) is 0 Å². The van der Waals surface area contributed by atoms with Gasteiger partial charge in [-0.05, 0) is 29.3 Å². The molecule has 0 spiro atoms. The van der Waals surface area contributed by atoms with Crippen LogP contribution in [-0.4, -0.2) is 31.5 Å². The molecule has 25 heavy (non-hydrogen) atoms. The standard InChI is InChI=1S/C19H18F2O4/c1-24-19(23)18-14(6-3-13-4-7-15(21)8-5-13)11-16(12-17(18)22)25-10-2-9-20/h3-8,11-12,22H,2,9-10H2,1H3. The molecule has 0 aromatic heterocycles. The molecule has 0 saturated heterocycles. The van der Waals surface area contributed by atoms with Crippen LogP contribution in [0, 0.1) is 5.82 Å². The second kappa shape index (κ2) is 8.82. The van der Waals surface area contributed by atoms with Crippen LogP contribution in [0.4, 0.5) is 8.78 Å². The van der Waals surface area contributed by atoms with Crippen molar-refractivity contribution in [3.8, 4) is 11.5 Å². The first-order valence-corrected chi connectivity index (χ1v) is 7.63. The van der Waals surface area contributed by atoms with Gasteiger partial charge in [0.1, 0.15) is 22.9 Å². The summed E-state index contributed by atoms with van der Waals surface area (Å²) >= 11 is 0. The first kappa shape index (κ1) is 18.4. The zero-order chi connectivity index (χ0) is 18.2. The molecule has 0 fully saturated rings. The first-order chi connectivity index (χ1) is 12.0. The molecular weight excluding hydrogens is 330 g/mol. The van der Waals surface area contributed by atoms with E-state index in [-0.39, 0.29) is 30.2 Å². The fraction of sp³-hybridized carbons (Fsp3) is 0.211. The Morgan fingerprint density at radius 1 is 1.20 bits per heavy atom. The number of alkyl halides is 1. The van der Waals surface area contributed by atoms with E-state index in [1.807, 2.05) is 0 Å². The molecule has 0 aliphatic carbocycles. The topological polar surface area (TPSA) is 55.8 Å². The summed E-state index contributed by atoms with van der Waals surface area (Å²) < 4.78 is 35.2. The Hall–Kier alpha value is -2.89. The summed E-state index contributed by atoms with van der Waals surface area (Å²) in [5.41, 5.74) is 1.06. The lowest BCUT2D eigenvalue weighted by Crippen LogP contribution is -2.05. The molecule has 2 rings (SSSR count). The Morgan fingerprint density at radius 2 is 1.92 bits per heavy atom. The fourth-order valence-electron chi connectivity index (χ4n) is 2.17. The summed E-state index contributed by atoms with van der Waals surface area (Å²) in [5.74, 6) is -1.06. The molecule has 0 amide bonds. The van der Waals surface area contributed by atoms with Crippen molar-refractivity contribution in [1.82, 2.24) is 0 Å². The minimum Gasteiger partial charge on any atom is -0.507 e. The van der Waals surface area contributed by atoms with Crippen molar-refractivity contribution >= 4 is 18.1 Å². The second-order valence-corrected chi connectivity index (χ2v) is 5.17. The molecule has 0 aliphatic heterocycles. The summed E-state index contributed by atoms with van der Waals surface area (Å²) in [7, 11) is 1.21. The quantitative estimate of drug-likeness (QED) is 0.462. The molecule has 0 saturated carbocycles. The molecule has 0 bridgehead atoms. The fourth-order valence-corrected chi connectivity index (χ4v) is 2.17. The molecule has 4 nitrogen and oxygen atoms in total. The number of phenolic OH excluding ortho intramolecular Hbond substituents is 1. The highest BCUT2D eigenvalue weighted by Gasteiger charge is 2.17. The lowest BCUT2D eigenvalue weighted by atomic mass is 10.0. The highest BCUT2D eigenvalue weighted by Crippen LogP contribution is 2.30. The number of aromatic hydroxyl groups is 1. The largest absolute Gasteiger partial charge is 0.507 e. The van der Waals surface area contributed by atoms with Gasteiger partial charge in [0.05, 0.1) is 20.4 Å². The molecule has 0 heterocycles. The van der Waals surface area contributed by atoms with E-state index in [2.05, 4.69) is 0 Å². The number of carbonyl (C=O) groups excluding carboxylic acids is 1. The van der Waals surface area contributed by atoms with Crippen LogP contribution in [0.1, 0.15) is 27.9 Å².